The number of hydrogen-bond acceptors (Lipinski definition) is 4. The number of esters is 1. The predicted molar refractivity (Wildman–Crippen MR) is 72.8 cm³/mol. The maximum atomic E-state index is 11.9. The molecule has 0 aromatic heterocycles. The van der Waals surface area contributed by atoms with Crippen LogP contribution in [-0.4, -0.2) is 35.3 Å². The van der Waals surface area contributed by atoms with Crippen molar-refractivity contribution in [2.45, 2.75) is 23.1 Å². The lowest BCUT2D eigenvalue weighted by atomic mass is 10.0. The molecule has 0 bridgehead atoms. The van der Waals surface area contributed by atoms with Crippen molar-refractivity contribution in [2.24, 2.45) is 0 Å². The number of carbonyl (C=O) groups is 2. The van der Waals surface area contributed by atoms with Crippen LogP contribution in [0.25, 0.3) is 0 Å². The van der Waals surface area contributed by atoms with E-state index in [-0.39, 0.29) is 22.5 Å². The lowest BCUT2D eigenvalue weighted by Crippen LogP contribution is -2.54. The van der Waals surface area contributed by atoms with Gasteiger partial charge in [-0.1, -0.05) is 23.7 Å². The third-order valence-electron chi connectivity index (χ3n) is 3.48. The molecule has 3 atom stereocenters. The van der Waals surface area contributed by atoms with Gasteiger partial charge in [0.05, 0.1) is 24.2 Å². The van der Waals surface area contributed by atoms with Gasteiger partial charge >= 0.3 is 5.97 Å². The van der Waals surface area contributed by atoms with E-state index in [1.807, 2.05) is 12.1 Å². The molecule has 2 saturated heterocycles. The molecular weight excluding hydrogens is 286 g/mol. The zero-order chi connectivity index (χ0) is 13.6. The Morgan fingerprint density at radius 2 is 2.11 bits per heavy atom. The molecule has 19 heavy (non-hydrogen) atoms. The van der Waals surface area contributed by atoms with Crippen LogP contribution in [0.2, 0.25) is 5.02 Å². The first-order valence-electron chi connectivity index (χ1n) is 5.91. The van der Waals surface area contributed by atoms with E-state index in [1.165, 1.54) is 7.11 Å². The monoisotopic (exact) mass is 297 g/mol. The maximum Gasteiger partial charge on any atom is 0.330 e. The van der Waals surface area contributed by atoms with Crippen LogP contribution < -0.4 is 0 Å². The van der Waals surface area contributed by atoms with E-state index < -0.39 is 6.04 Å². The predicted octanol–water partition coefficient (Wildman–Crippen LogP) is 2.23. The molecule has 2 fully saturated rings. The summed E-state index contributed by atoms with van der Waals surface area (Å²) in [6.07, 6.45) is 0.502. The van der Waals surface area contributed by atoms with Crippen LogP contribution in [0.5, 0.6) is 0 Å². The number of rotatable bonds is 2. The standard InChI is InChI=1S/C13H12ClNO3S/c1-18-13(17)11-12(7-2-4-8(14)5-3-7)19-10-6-9(16)15(10)11/h2-5,10-12H,6H2,1H3. The minimum Gasteiger partial charge on any atom is -0.467 e. The van der Waals surface area contributed by atoms with Crippen molar-refractivity contribution < 1.29 is 14.3 Å². The van der Waals surface area contributed by atoms with Gasteiger partial charge in [-0.25, -0.2) is 4.79 Å². The van der Waals surface area contributed by atoms with Crippen molar-refractivity contribution in [1.82, 2.24) is 4.90 Å². The molecule has 100 valence electrons. The molecule has 0 radical (unpaired) electrons. The molecule has 2 aliphatic heterocycles. The van der Waals surface area contributed by atoms with Gasteiger partial charge < -0.3 is 9.64 Å². The van der Waals surface area contributed by atoms with Crippen LogP contribution >= 0.6 is 23.4 Å². The molecule has 1 aromatic rings. The van der Waals surface area contributed by atoms with Gasteiger partial charge in [0.2, 0.25) is 5.91 Å². The van der Waals surface area contributed by atoms with Gasteiger partial charge in [-0.05, 0) is 17.7 Å². The van der Waals surface area contributed by atoms with Crippen molar-refractivity contribution >= 4 is 35.2 Å². The lowest BCUT2D eigenvalue weighted by Gasteiger charge is -2.36. The number of ether oxygens (including phenoxy) is 1. The highest BCUT2D eigenvalue weighted by Gasteiger charge is 2.55. The van der Waals surface area contributed by atoms with Crippen molar-refractivity contribution in [1.29, 1.82) is 0 Å². The molecule has 3 unspecified atom stereocenters. The van der Waals surface area contributed by atoms with E-state index in [4.69, 9.17) is 16.3 Å². The summed E-state index contributed by atoms with van der Waals surface area (Å²) in [4.78, 5) is 25.2. The molecule has 0 spiro atoms. The summed E-state index contributed by atoms with van der Waals surface area (Å²) >= 11 is 7.51. The van der Waals surface area contributed by atoms with E-state index in [0.717, 1.165) is 5.56 Å². The Kier molecular flexibility index (Phi) is 3.19. The largest absolute Gasteiger partial charge is 0.467 e. The molecule has 0 saturated carbocycles. The van der Waals surface area contributed by atoms with Gasteiger partial charge in [0.25, 0.3) is 0 Å². The number of thioether (sulfide) groups is 1. The third kappa shape index (κ3) is 2.01. The van der Waals surface area contributed by atoms with Crippen molar-refractivity contribution in [3.05, 3.63) is 34.9 Å². The zero-order valence-corrected chi connectivity index (χ0v) is 11.8. The maximum absolute atomic E-state index is 11.9. The summed E-state index contributed by atoms with van der Waals surface area (Å²) < 4.78 is 4.84. The minimum atomic E-state index is -0.526. The Morgan fingerprint density at radius 3 is 2.68 bits per heavy atom. The quantitative estimate of drug-likeness (QED) is 0.620. The molecule has 3 rings (SSSR count). The number of benzene rings is 1. The highest BCUT2D eigenvalue weighted by Crippen LogP contribution is 2.52. The number of methoxy groups -OCH3 is 1. The molecule has 2 aliphatic rings. The van der Waals surface area contributed by atoms with Gasteiger partial charge in [-0.15, -0.1) is 11.8 Å². The van der Waals surface area contributed by atoms with E-state index >= 15 is 0 Å². The average molecular weight is 298 g/mol. The first-order chi connectivity index (χ1) is 9.11. The zero-order valence-electron chi connectivity index (χ0n) is 10.2. The van der Waals surface area contributed by atoms with Crippen LogP contribution in [0.15, 0.2) is 24.3 Å². The van der Waals surface area contributed by atoms with Gasteiger partial charge in [-0.2, -0.15) is 0 Å². The fourth-order valence-electron chi connectivity index (χ4n) is 2.51. The number of β-lactam (4-membered cyclic amide) rings is 1. The molecule has 0 aliphatic carbocycles. The molecular formula is C13H12ClNO3S. The summed E-state index contributed by atoms with van der Waals surface area (Å²) in [6.45, 7) is 0. The summed E-state index contributed by atoms with van der Waals surface area (Å²) in [5.74, 6) is -0.340. The molecule has 6 heteroatoms. The summed E-state index contributed by atoms with van der Waals surface area (Å²) in [6, 6.07) is 6.85. The Labute approximate surface area is 120 Å². The number of nitrogens with zero attached hydrogens (tertiary/aromatic N) is 1. The summed E-state index contributed by atoms with van der Waals surface area (Å²) in [7, 11) is 1.35. The second kappa shape index (κ2) is 4.72. The second-order valence-corrected chi connectivity index (χ2v) is 6.30. The van der Waals surface area contributed by atoms with Crippen LogP contribution in [0.1, 0.15) is 17.2 Å². The number of amides is 1. The molecule has 4 nitrogen and oxygen atoms in total. The Balaban J connectivity index is 1.93. The molecule has 1 amide bonds. The molecule has 2 heterocycles. The Bertz CT molecular complexity index is 533. The van der Waals surface area contributed by atoms with Gasteiger partial charge in [0, 0.05) is 5.02 Å². The highest BCUT2D eigenvalue weighted by atomic mass is 35.5. The van der Waals surface area contributed by atoms with Crippen LogP contribution in [0.3, 0.4) is 0 Å². The number of hydrogen-bond donors (Lipinski definition) is 0. The molecule has 1 aromatic carbocycles. The second-order valence-electron chi connectivity index (χ2n) is 4.54. The van der Waals surface area contributed by atoms with Gasteiger partial charge in [0.1, 0.15) is 6.04 Å². The van der Waals surface area contributed by atoms with E-state index in [0.29, 0.717) is 11.4 Å². The van der Waals surface area contributed by atoms with E-state index in [9.17, 15) is 9.59 Å². The molecule has 0 N–H and O–H groups in total. The third-order valence-corrected chi connectivity index (χ3v) is 5.26. The minimum absolute atomic E-state index is 0.0179. The topological polar surface area (TPSA) is 46.6 Å². The number of halogens is 1. The average Bonchev–Trinajstić information content (AvgIpc) is 2.71. The Morgan fingerprint density at radius 1 is 1.42 bits per heavy atom. The van der Waals surface area contributed by atoms with Crippen molar-refractivity contribution in [2.75, 3.05) is 7.11 Å². The van der Waals surface area contributed by atoms with Crippen LogP contribution in [-0.2, 0) is 14.3 Å². The summed E-state index contributed by atoms with van der Waals surface area (Å²) in [5.41, 5.74) is 0.993. The fraction of sp³-hybridized carbons (Fsp3) is 0.385. The Hall–Kier alpha value is -1.20. The summed E-state index contributed by atoms with van der Waals surface area (Å²) in [5, 5.41) is 0.666. The first-order valence-corrected chi connectivity index (χ1v) is 7.24. The number of fused-ring (bicyclic) bond motifs is 1. The van der Waals surface area contributed by atoms with Gasteiger partial charge in [-0.3, -0.25) is 4.79 Å². The highest BCUT2D eigenvalue weighted by molar-refractivity contribution is 8.00. The number of carbonyl (C=O) groups excluding carboxylic acids is 2. The SMILES string of the molecule is COC(=O)C1C(c2ccc(Cl)cc2)SC2CC(=O)N21. The van der Waals surface area contributed by atoms with Gasteiger partial charge in [0.15, 0.2) is 0 Å². The van der Waals surface area contributed by atoms with Crippen LogP contribution in [0.4, 0.5) is 0 Å². The van der Waals surface area contributed by atoms with E-state index in [1.54, 1.807) is 28.8 Å². The van der Waals surface area contributed by atoms with E-state index in [2.05, 4.69) is 0 Å². The smallest absolute Gasteiger partial charge is 0.330 e. The van der Waals surface area contributed by atoms with Crippen LogP contribution in [0, 0.1) is 0 Å². The lowest BCUT2D eigenvalue weighted by molar-refractivity contribution is -0.158. The van der Waals surface area contributed by atoms with Crippen molar-refractivity contribution in [3.8, 4) is 0 Å². The van der Waals surface area contributed by atoms with Crippen molar-refractivity contribution in [3.63, 3.8) is 0 Å². The fourth-order valence-corrected chi connectivity index (χ4v) is 4.30. The normalized spacial score (nSPS) is 28.8. The first kappa shape index (κ1) is 12.8.